The Labute approximate surface area is 185 Å². The summed E-state index contributed by atoms with van der Waals surface area (Å²) in [6.45, 7) is 4.70. The fourth-order valence-electron chi connectivity index (χ4n) is 4.11. The second kappa shape index (κ2) is 7.33. The van der Waals surface area contributed by atoms with Crippen molar-refractivity contribution in [1.82, 2.24) is 28.9 Å². The fraction of sp³-hybridized carbons (Fsp3) is 0.250. The average molecular weight is 428 g/mol. The highest BCUT2D eigenvalue weighted by Gasteiger charge is 2.19. The minimum Gasteiger partial charge on any atom is -0.363 e. The lowest BCUT2D eigenvalue weighted by molar-refractivity contribution is 0.653. The molecule has 32 heavy (non-hydrogen) atoms. The molecule has 0 unspecified atom stereocenters. The van der Waals surface area contributed by atoms with E-state index >= 15 is 0 Å². The second-order valence-electron chi connectivity index (χ2n) is 8.16. The van der Waals surface area contributed by atoms with Gasteiger partial charge in [-0.3, -0.25) is 18.8 Å². The minimum atomic E-state index is -0.115. The van der Waals surface area contributed by atoms with Crippen molar-refractivity contribution in [1.29, 1.82) is 0 Å². The maximum atomic E-state index is 13.3. The normalized spacial score (nSPS) is 11.5. The summed E-state index contributed by atoms with van der Waals surface area (Å²) in [7, 11) is 5.72. The lowest BCUT2D eigenvalue weighted by atomic mass is 10.0. The highest BCUT2D eigenvalue weighted by molar-refractivity contribution is 6.04. The van der Waals surface area contributed by atoms with Gasteiger partial charge in [0.05, 0.1) is 34.1 Å². The molecule has 0 aliphatic heterocycles. The Morgan fingerprint density at radius 1 is 1.03 bits per heavy atom. The van der Waals surface area contributed by atoms with Gasteiger partial charge in [0.15, 0.2) is 0 Å². The number of benzene rings is 1. The van der Waals surface area contributed by atoms with E-state index in [1.165, 1.54) is 0 Å². The van der Waals surface area contributed by atoms with Crippen LogP contribution in [0.2, 0.25) is 0 Å². The van der Waals surface area contributed by atoms with Crippen molar-refractivity contribution in [2.24, 2.45) is 7.05 Å². The number of hydrogen-bond acceptors (Lipinski definition) is 5. The molecule has 4 heterocycles. The largest absolute Gasteiger partial charge is 0.363 e. The quantitative estimate of drug-likeness (QED) is 0.439. The average Bonchev–Trinajstić information content (AvgIpc) is 3.30. The first-order valence-electron chi connectivity index (χ1n) is 10.6. The summed E-state index contributed by atoms with van der Waals surface area (Å²) in [6.07, 6.45) is 5.57. The number of anilines is 1. The summed E-state index contributed by atoms with van der Waals surface area (Å²) in [4.78, 5) is 24.4. The van der Waals surface area contributed by atoms with E-state index in [1.807, 2.05) is 68.1 Å². The number of fused-ring (bicyclic) bond motifs is 3. The summed E-state index contributed by atoms with van der Waals surface area (Å²) >= 11 is 0. The fourth-order valence-corrected chi connectivity index (χ4v) is 4.11. The van der Waals surface area contributed by atoms with Crippen LogP contribution in [-0.2, 0) is 13.6 Å². The van der Waals surface area contributed by atoms with E-state index in [0.29, 0.717) is 0 Å². The van der Waals surface area contributed by atoms with Gasteiger partial charge in [-0.15, -0.1) is 0 Å². The van der Waals surface area contributed by atoms with Gasteiger partial charge in [-0.05, 0) is 43.7 Å². The smallest absolute Gasteiger partial charge is 0.333 e. The van der Waals surface area contributed by atoms with Crippen molar-refractivity contribution in [2.45, 2.75) is 20.4 Å². The van der Waals surface area contributed by atoms with E-state index in [0.717, 1.165) is 56.8 Å². The van der Waals surface area contributed by atoms with Crippen molar-refractivity contribution in [2.75, 3.05) is 19.0 Å². The van der Waals surface area contributed by atoms with E-state index < -0.39 is 0 Å². The summed E-state index contributed by atoms with van der Waals surface area (Å²) in [6, 6.07) is 10.2. The van der Waals surface area contributed by atoms with Crippen molar-refractivity contribution in [3.8, 4) is 16.8 Å². The Morgan fingerprint density at radius 2 is 1.81 bits per heavy atom. The Morgan fingerprint density at radius 3 is 2.47 bits per heavy atom. The first kappa shape index (κ1) is 20.0. The lowest BCUT2D eigenvalue weighted by Gasteiger charge is -2.12. The minimum absolute atomic E-state index is 0.115. The summed E-state index contributed by atoms with van der Waals surface area (Å²) in [5, 5.41) is 5.46. The first-order chi connectivity index (χ1) is 15.4. The SMILES string of the molecule is CCn1cc(-n2c(=O)n(C)c3cnc4ccc(-c5ccc(N(C)C)nc5)cc4c32)c(C)n1. The maximum Gasteiger partial charge on any atom is 0.333 e. The summed E-state index contributed by atoms with van der Waals surface area (Å²) in [5.41, 5.74) is 5.96. The van der Waals surface area contributed by atoms with E-state index in [2.05, 4.69) is 27.2 Å². The predicted octanol–water partition coefficient (Wildman–Crippen LogP) is 3.53. The number of rotatable bonds is 4. The molecule has 5 rings (SSSR count). The van der Waals surface area contributed by atoms with Gasteiger partial charge in [0.2, 0.25) is 0 Å². The van der Waals surface area contributed by atoms with Crippen LogP contribution in [0.25, 0.3) is 38.8 Å². The van der Waals surface area contributed by atoms with Gasteiger partial charge in [-0.2, -0.15) is 5.10 Å². The van der Waals surface area contributed by atoms with Crippen LogP contribution < -0.4 is 10.6 Å². The third kappa shape index (κ3) is 2.98. The van der Waals surface area contributed by atoms with Crippen molar-refractivity contribution in [3.63, 3.8) is 0 Å². The van der Waals surface area contributed by atoms with Gasteiger partial charge in [0, 0.05) is 51.0 Å². The molecule has 0 spiro atoms. The van der Waals surface area contributed by atoms with Crippen molar-refractivity contribution in [3.05, 3.63) is 65.1 Å². The topological polar surface area (TPSA) is 73.8 Å². The molecule has 1 aromatic carbocycles. The Hall–Kier alpha value is -3.94. The van der Waals surface area contributed by atoms with Gasteiger partial charge < -0.3 is 4.90 Å². The van der Waals surface area contributed by atoms with Crippen molar-refractivity contribution >= 4 is 27.8 Å². The summed E-state index contributed by atoms with van der Waals surface area (Å²) < 4.78 is 5.25. The molecule has 0 atom stereocenters. The van der Waals surface area contributed by atoms with E-state index in [4.69, 9.17) is 0 Å². The van der Waals surface area contributed by atoms with E-state index in [9.17, 15) is 4.79 Å². The predicted molar refractivity (Wildman–Crippen MR) is 128 cm³/mol. The van der Waals surface area contributed by atoms with Crippen LogP contribution in [-0.4, -0.2) is 43.0 Å². The number of aryl methyl sites for hydroxylation is 3. The second-order valence-corrected chi connectivity index (χ2v) is 8.16. The van der Waals surface area contributed by atoms with Crippen LogP contribution in [0.3, 0.4) is 0 Å². The number of aromatic nitrogens is 6. The van der Waals surface area contributed by atoms with Gasteiger partial charge in [0.1, 0.15) is 5.82 Å². The van der Waals surface area contributed by atoms with Gasteiger partial charge in [-0.1, -0.05) is 6.07 Å². The van der Waals surface area contributed by atoms with Crippen LogP contribution in [0, 0.1) is 6.92 Å². The molecule has 0 amide bonds. The number of nitrogens with zero attached hydrogens (tertiary/aromatic N) is 7. The van der Waals surface area contributed by atoms with Gasteiger partial charge >= 0.3 is 5.69 Å². The first-order valence-corrected chi connectivity index (χ1v) is 10.6. The number of hydrogen-bond donors (Lipinski definition) is 0. The molecule has 0 radical (unpaired) electrons. The Balaban J connectivity index is 1.80. The Bertz CT molecular complexity index is 1520. The zero-order valence-corrected chi connectivity index (χ0v) is 18.9. The van der Waals surface area contributed by atoms with E-state index in [1.54, 1.807) is 22.4 Å². The third-order valence-corrected chi connectivity index (χ3v) is 5.91. The van der Waals surface area contributed by atoms with Crippen LogP contribution in [0.1, 0.15) is 12.6 Å². The van der Waals surface area contributed by atoms with E-state index in [-0.39, 0.29) is 5.69 Å². The molecule has 8 nitrogen and oxygen atoms in total. The highest BCUT2D eigenvalue weighted by atomic mass is 16.1. The molecule has 0 saturated carbocycles. The zero-order chi connectivity index (χ0) is 22.6. The zero-order valence-electron chi connectivity index (χ0n) is 18.9. The third-order valence-electron chi connectivity index (χ3n) is 5.91. The standard InChI is InChI=1S/C24H25N7O/c1-6-30-14-21(15(2)27-30)31-23-18-11-16(17-8-10-22(26-12-17)28(3)4)7-9-19(18)25-13-20(23)29(5)24(31)32/h7-14H,6H2,1-5H3. The monoisotopic (exact) mass is 427 g/mol. The van der Waals surface area contributed by atoms with Crippen LogP contribution in [0.15, 0.2) is 53.7 Å². The molecule has 5 aromatic rings. The molecule has 8 heteroatoms. The molecule has 0 saturated heterocycles. The molecule has 0 aliphatic rings. The van der Waals surface area contributed by atoms with Crippen molar-refractivity contribution < 1.29 is 0 Å². The molecule has 0 fully saturated rings. The molecule has 0 bridgehead atoms. The Kier molecular flexibility index (Phi) is 4.58. The molecular weight excluding hydrogens is 402 g/mol. The molecule has 0 aliphatic carbocycles. The molecule has 162 valence electrons. The highest BCUT2D eigenvalue weighted by Crippen LogP contribution is 2.30. The van der Waals surface area contributed by atoms with Crippen LogP contribution >= 0.6 is 0 Å². The van der Waals surface area contributed by atoms with Crippen LogP contribution in [0.5, 0.6) is 0 Å². The molecule has 4 aromatic heterocycles. The maximum absolute atomic E-state index is 13.3. The molecular formula is C24H25N7O. The number of pyridine rings is 2. The van der Waals surface area contributed by atoms with Gasteiger partial charge in [0.25, 0.3) is 0 Å². The lowest BCUT2D eigenvalue weighted by Crippen LogP contribution is -2.21. The number of imidazole rings is 1. The molecule has 0 N–H and O–H groups in total. The van der Waals surface area contributed by atoms with Crippen LogP contribution in [0.4, 0.5) is 5.82 Å². The van der Waals surface area contributed by atoms with Gasteiger partial charge in [-0.25, -0.2) is 9.78 Å². The summed E-state index contributed by atoms with van der Waals surface area (Å²) in [5.74, 6) is 0.902.